The minimum absolute atomic E-state index is 0.207. The average molecular weight is 413 g/mol. The molecule has 0 bridgehead atoms. The van der Waals surface area contributed by atoms with Crippen molar-refractivity contribution >= 4 is 32.7 Å². The molecule has 1 amide bonds. The van der Waals surface area contributed by atoms with Crippen LogP contribution < -0.4 is 4.74 Å². The van der Waals surface area contributed by atoms with Gasteiger partial charge in [-0.1, -0.05) is 40.2 Å². The number of ether oxygens (including phenoxy) is 1. The number of hydrogen-bond acceptors (Lipinski definition) is 2. The number of benzene rings is 2. The highest BCUT2D eigenvalue weighted by molar-refractivity contribution is 9.10. The van der Waals surface area contributed by atoms with Crippen LogP contribution >= 0.6 is 15.9 Å². The Balaban J connectivity index is 1.32. The molecule has 4 nitrogen and oxygen atoms in total. The summed E-state index contributed by atoms with van der Waals surface area (Å²) in [7, 11) is 0. The van der Waals surface area contributed by atoms with Gasteiger partial charge in [-0.15, -0.1) is 0 Å². The molecule has 0 saturated heterocycles. The number of aromatic amines is 1. The minimum Gasteiger partial charge on any atom is -0.494 e. The highest BCUT2D eigenvalue weighted by Gasteiger charge is 2.23. The van der Waals surface area contributed by atoms with E-state index in [1.807, 2.05) is 35.2 Å². The molecule has 134 valence electrons. The van der Waals surface area contributed by atoms with Gasteiger partial charge in [0.2, 0.25) is 5.91 Å². The molecule has 1 aliphatic rings. The number of aromatic nitrogens is 1. The van der Waals surface area contributed by atoms with Gasteiger partial charge in [0.25, 0.3) is 0 Å². The summed E-state index contributed by atoms with van der Waals surface area (Å²) in [5.74, 6) is 1.03. The van der Waals surface area contributed by atoms with Crippen LogP contribution in [0.3, 0.4) is 0 Å². The maximum absolute atomic E-state index is 12.6. The second-order valence-corrected chi connectivity index (χ2v) is 7.52. The van der Waals surface area contributed by atoms with E-state index < -0.39 is 0 Å². The zero-order valence-electron chi connectivity index (χ0n) is 14.5. The molecule has 0 saturated carbocycles. The second kappa shape index (κ2) is 7.54. The first-order valence-corrected chi connectivity index (χ1v) is 9.74. The molecule has 0 atom stereocenters. The van der Waals surface area contributed by atoms with Crippen LogP contribution in [0, 0.1) is 0 Å². The van der Waals surface area contributed by atoms with E-state index in [-0.39, 0.29) is 5.91 Å². The lowest BCUT2D eigenvalue weighted by molar-refractivity contribution is -0.132. The normalized spacial score (nSPS) is 13.7. The van der Waals surface area contributed by atoms with Crippen LogP contribution in [0.25, 0.3) is 10.9 Å². The lowest BCUT2D eigenvalue weighted by Gasteiger charge is -2.27. The first-order valence-electron chi connectivity index (χ1n) is 8.95. The largest absolute Gasteiger partial charge is 0.494 e. The van der Waals surface area contributed by atoms with Gasteiger partial charge in [0.15, 0.2) is 0 Å². The van der Waals surface area contributed by atoms with Crippen molar-refractivity contribution in [2.45, 2.75) is 25.8 Å². The van der Waals surface area contributed by atoms with E-state index >= 15 is 0 Å². The Morgan fingerprint density at radius 2 is 2.08 bits per heavy atom. The fraction of sp³-hybridized carbons (Fsp3) is 0.286. The van der Waals surface area contributed by atoms with Crippen molar-refractivity contribution in [2.75, 3.05) is 13.2 Å². The topological polar surface area (TPSA) is 45.3 Å². The highest BCUT2D eigenvalue weighted by Crippen LogP contribution is 2.28. The van der Waals surface area contributed by atoms with Crippen LogP contribution in [0.15, 0.2) is 53.0 Å². The van der Waals surface area contributed by atoms with Crippen molar-refractivity contribution in [1.29, 1.82) is 0 Å². The molecule has 0 unspecified atom stereocenters. The highest BCUT2D eigenvalue weighted by atomic mass is 79.9. The number of para-hydroxylation sites is 1. The molecule has 2 heterocycles. The predicted octanol–water partition coefficient (Wildman–Crippen LogP) is 4.67. The fourth-order valence-corrected chi connectivity index (χ4v) is 3.89. The smallest absolute Gasteiger partial charge is 0.223 e. The van der Waals surface area contributed by atoms with E-state index in [1.54, 1.807) is 0 Å². The summed E-state index contributed by atoms with van der Waals surface area (Å²) in [6.07, 6.45) is 2.14. The molecule has 1 aliphatic heterocycles. The summed E-state index contributed by atoms with van der Waals surface area (Å²) in [5, 5.41) is 1.23. The Morgan fingerprint density at radius 1 is 1.19 bits per heavy atom. The van der Waals surface area contributed by atoms with E-state index in [1.165, 1.54) is 16.6 Å². The monoisotopic (exact) mass is 412 g/mol. The molecule has 1 aromatic heterocycles. The van der Waals surface area contributed by atoms with E-state index in [2.05, 4.69) is 39.1 Å². The van der Waals surface area contributed by atoms with Gasteiger partial charge < -0.3 is 14.6 Å². The van der Waals surface area contributed by atoms with E-state index in [0.717, 1.165) is 35.1 Å². The molecule has 26 heavy (non-hydrogen) atoms. The van der Waals surface area contributed by atoms with Crippen molar-refractivity contribution in [3.05, 3.63) is 64.3 Å². The third-order valence-electron chi connectivity index (χ3n) is 4.84. The van der Waals surface area contributed by atoms with Gasteiger partial charge in [0.1, 0.15) is 5.75 Å². The maximum atomic E-state index is 12.6. The lowest BCUT2D eigenvalue weighted by atomic mass is 10.0. The van der Waals surface area contributed by atoms with Gasteiger partial charge in [-0.05, 0) is 30.7 Å². The number of nitrogens with one attached hydrogen (secondary N) is 1. The predicted molar refractivity (Wildman–Crippen MR) is 106 cm³/mol. The average Bonchev–Trinajstić information content (AvgIpc) is 3.03. The van der Waals surface area contributed by atoms with Crippen LogP contribution in [-0.2, 0) is 17.8 Å². The first-order chi connectivity index (χ1) is 12.7. The number of fused-ring (bicyclic) bond motifs is 3. The van der Waals surface area contributed by atoms with Gasteiger partial charge in [0, 0.05) is 52.6 Å². The van der Waals surface area contributed by atoms with Crippen molar-refractivity contribution in [3.8, 4) is 5.75 Å². The molecular weight excluding hydrogens is 392 g/mol. The zero-order chi connectivity index (χ0) is 17.9. The van der Waals surface area contributed by atoms with Gasteiger partial charge in [0.05, 0.1) is 6.61 Å². The van der Waals surface area contributed by atoms with Crippen LogP contribution in [-0.4, -0.2) is 28.9 Å². The molecule has 0 fully saturated rings. The summed E-state index contributed by atoms with van der Waals surface area (Å²) in [5.41, 5.74) is 3.70. The summed E-state index contributed by atoms with van der Waals surface area (Å²) in [4.78, 5) is 18.0. The Labute approximate surface area is 161 Å². The third kappa shape index (κ3) is 3.63. The molecule has 1 N–H and O–H groups in total. The van der Waals surface area contributed by atoms with Crippen molar-refractivity contribution in [2.24, 2.45) is 0 Å². The van der Waals surface area contributed by atoms with Crippen LogP contribution in [0.5, 0.6) is 5.75 Å². The van der Waals surface area contributed by atoms with E-state index in [4.69, 9.17) is 4.74 Å². The Hall–Kier alpha value is -2.27. The number of nitrogens with zero attached hydrogens (tertiary/aromatic N) is 1. The molecule has 2 aromatic carbocycles. The number of rotatable bonds is 5. The summed E-state index contributed by atoms with van der Waals surface area (Å²) >= 11 is 3.43. The van der Waals surface area contributed by atoms with E-state index in [9.17, 15) is 4.79 Å². The lowest BCUT2D eigenvalue weighted by Crippen LogP contribution is -2.35. The van der Waals surface area contributed by atoms with Crippen LogP contribution in [0.4, 0.5) is 0 Å². The molecule has 3 aromatic rings. The molecule has 0 aliphatic carbocycles. The number of H-pyrrole nitrogens is 1. The maximum Gasteiger partial charge on any atom is 0.223 e. The number of carbonyl (C=O) groups excluding carboxylic acids is 1. The van der Waals surface area contributed by atoms with Crippen LogP contribution in [0.1, 0.15) is 24.1 Å². The van der Waals surface area contributed by atoms with Gasteiger partial charge in [-0.25, -0.2) is 0 Å². The number of hydrogen-bond donors (Lipinski definition) is 1. The van der Waals surface area contributed by atoms with Crippen molar-refractivity contribution in [1.82, 2.24) is 9.88 Å². The third-order valence-corrected chi connectivity index (χ3v) is 5.33. The number of halogens is 1. The van der Waals surface area contributed by atoms with Gasteiger partial charge in [-0.2, -0.15) is 0 Å². The van der Waals surface area contributed by atoms with Gasteiger partial charge >= 0.3 is 0 Å². The second-order valence-electron chi connectivity index (χ2n) is 6.60. The van der Waals surface area contributed by atoms with Crippen molar-refractivity contribution in [3.63, 3.8) is 0 Å². The quantitative estimate of drug-likeness (QED) is 0.618. The summed E-state index contributed by atoms with van der Waals surface area (Å²) in [6, 6.07) is 16.1. The van der Waals surface area contributed by atoms with Crippen LogP contribution in [0.2, 0.25) is 0 Å². The Kier molecular flexibility index (Phi) is 4.98. The Bertz CT molecular complexity index is 935. The standard InChI is InChI=1S/C21H21BrN2O2/c22-15-5-3-6-16(13-15)26-12-4-9-21(25)24-11-10-20-18(14-24)17-7-1-2-8-19(17)23-20/h1-3,5-8,13,23H,4,9-12,14H2. The Morgan fingerprint density at radius 3 is 2.96 bits per heavy atom. The molecule has 5 heteroatoms. The van der Waals surface area contributed by atoms with Gasteiger partial charge in [-0.3, -0.25) is 4.79 Å². The molecule has 4 rings (SSSR count). The number of amides is 1. The minimum atomic E-state index is 0.207. The fourth-order valence-electron chi connectivity index (χ4n) is 3.51. The molecule has 0 radical (unpaired) electrons. The summed E-state index contributed by atoms with van der Waals surface area (Å²) < 4.78 is 6.71. The SMILES string of the molecule is O=C(CCCOc1cccc(Br)c1)N1CCc2[nH]c3ccccc3c2C1. The van der Waals surface area contributed by atoms with Crippen molar-refractivity contribution < 1.29 is 9.53 Å². The molecular formula is C21H21BrN2O2. The first kappa shape index (κ1) is 17.2. The zero-order valence-corrected chi connectivity index (χ0v) is 16.1. The van der Waals surface area contributed by atoms with E-state index in [0.29, 0.717) is 19.6 Å². The summed E-state index contributed by atoms with van der Waals surface area (Å²) in [6.45, 7) is 2.03. The molecule has 0 spiro atoms. The number of carbonyl (C=O) groups is 1.